The Morgan fingerprint density at radius 2 is 1.97 bits per heavy atom. The minimum Gasteiger partial charge on any atom is -0.489 e. The third kappa shape index (κ3) is 3.40. The number of hydrogen-bond acceptors (Lipinski definition) is 7. The van der Waals surface area contributed by atoms with E-state index in [1.165, 1.54) is 0 Å². The van der Waals surface area contributed by atoms with Crippen LogP contribution in [0.5, 0.6) is 5.75 Å². The van der Waals surface area contributed by atoms with Crippen LogP contribution in [0, 0.1) is 13.8 Å². The van der Waals surface area contributed by atoms with Crippen LogP contribution in [0.2, 0.25) is 0 Å². The van der Waals surface area contributed by atoms with E-state index in [9.17, 15) is 4.79 Å². The maximum Gasteiger partial charge on any atom is 0.317 e. The molecule has 3 aromatic rings. The number of urea groups is 1. The van der Waals surface area contributed by atoms with E-state index in [1.807, 2.05) is 30.9 Å². The Kier molecular flexibility index (Phi) is 4.90. The molecule has 2 amide bonds. The van der Waals surface area contributed by atoms with Gasteiger partial charge in [0.05, 0.1) is 36.5 Å². The zero-order chi connectivity index (χ0) is 22.5. The monoisotopic (exact) mass is 452 g/mol. The lowest BCUT2D eigenvalue weighted by molar-refractivity contribution is 0.0526. The van der Waals surface area contributed by atoms with Gasteiger partial charge in [0.1, 0.15) is 17.9 Å². The molecule has 0 saturated carbocycles. The number of nitrogens with zero attached hydrogens (tertiary/aromatic N) is 5. The van der Waals surface area contributed by atoms with Crippen LogP contribution in [-0.4, -0.2) is 77.7 Å². The molecule has 174 valence electrons. The van der Waals surface area contributed by atoms with Gasteiger partial charge in [-0.2, -0.15) is 0 Å². The van der Waals surface area contributed by atoms with Crippen molar-refractivity contribution < 1.29 is 18.8 Å². The standard InChI is InChI=1S/C23H28N6O4/c1-14-19(15(2)33-26-14)17-3-4-18-20-21(17)32-12-9-29(20)22(25-18)28-6-5-16(13-28)24-23(30)27-7-10-31-11-8-27/h3-4,16H,5-13H2,1-2H3,(H,24,30)/t16-/m1/s1. The highest BCUT2D eigenvalue weighted by atomic mass is 16.5. The Morgan fingerprint density at radius 3 is 2.76 bits per heavy atom. The molecule has 10 nitrogen and oxygen atoms in total. The van der Waals surface area contributed by atoms with Gasteiger partial charge in [0.2, 0.25) is 5.95 Å². The number of aryl methyl sites for hydroxylation is 2. The summed E-state index contributed by atoms with van der Waals surface area (Å²) in [6.45, 7) is 9.29. The second kappa shape index (κ2) is 7.95. The molecule has 10 heteroatoms. The van der Waals surface area contributed by atoms with E-state index in [1.54, 1.807) is 0 Å². The minimum absolute atomic E-state index is 0.000409. The lowest BCUT2D eigenvalue weighted by Crippen LogP contribution is -2.49. The molecule has 0 bridgehead atoms. The molecular formula is C23H28N6O4. The van der Waals surface area contributed by atoms with E-state index < -0.39 is 0 Å². The fraction of sp³-hybridized carbons (Fsp3) is 0.522. The Hall–Kier alpha value is -3.27. The number of carbonyl (C=O) groups is 1. The molecule has 2 saturated heterocycles. The molecule has 3 aliphatic rings. The topological polar surface area (TPSA) is 97.9 Å². The van der Waals surface area contributed by atoms with Gasteiger partial charge in [-0.25, -0.2) is 9.78 Å². The average molecular weight is 453 g/mol. The van der Waals surface area contributed by atoms with Crippen molar-refractivity contribution in [3.8, 4) is 16.9 Å². The van der Waals surface area contributed by atoms with E-state index in [0.29, 0.717) is 32.9 Å². The molecule has 1 atom stereocenters. The van der Waals surface area contributed by atoms with Crippen LogP contribution in [0.4, 0.5) is 10.7 Å². The summed E-state index contributed by atoms with van der Waals surface area (Å²) >= 11 is 0. The van der Waals surface area contributed by atoms with Gasteiger partial charge in [0.15, 0.2) is 5.75 Å². The molecule has 0 aliphatic carbocycles. The van der Waals surface area contributed by atoms with Gasteiger partial charge < -0.3 is 33.7 Å². The molecule has 33 heavy (non-hydrogen) atoms. The van der Waals surface area contributed by atoms with Crippen molar-refractivity contribution in [1.29, 1.82) is 0 Å². The predicted molar refractivity (Wildman–Crippen MR) is 122 cm³/mol. The quantitative estimate of drug-likeness (QED) is 0.651. The number of anilines is 1. The first-order valence-electron chi connectivity index (χ1n) is 11.6. The van der Waals surface area contributed by atoms with Crippen LogP contribution in [0.25, 0.3) is 22.2 Å². The third-order valence-corrected chi connectivity index (χ3v) is 6.80. The van der Waals surface area contributed by atoms with Gasteiger partial charge in [0.25, 0.3) is 0 Å². The lowest BCUT2D eigenvalue weighted by Gasteiger charge is -2.28. The zero-order valence-electron chi connectivity index (χ0n) is 19.0. The first-order valence-corrected chi connectivity index (χ1v) is 11.6. The number of carbonyl (C=O) groups excluding carboxylic acids is 1. The van der Waals surface area contributed by atoms with Crippen molar-refractivity contribution in [2.75, 3.05) is 50.9 Å². The molecule has 3 aliphatic heterocycles. The molecule has 6 rings (SSSR count). The van der Waals surface area contributed by atoms with Crippen molar-refractivity contribution in [1.82, 2.24) is 24.9 Å². The number of ether oxygens (including phenoxy) is 2. The van der Waals surface area contributed by atoms with Gasteiger partial charge >= 0.3 is 6.03 Å². The van der Waals surface area contributed by atoms with Crippen molar-refractivity contribution in [2.45, 2.75) is 32.9 Å². The number of amides is 2. The van der Waals surface area contributed by atoms with Gasteiger partial charge in [-0.3, -0.25) is 0 Å². The highest BCUT2D eigenvalue weighted by Crippen LogP contribution is 2.42. The van der Waals surface area contributed by atoms with Crippen LogP contribution >= 0.6 is 0 Å². The average Bonchev–Trinajstić information content (AvgIpc) is 3.54. The molecule has 5 heterocycles. The van der Waals surface area contributed by atoms with Crippen LogP contribution in [0.15, 0.2) is 16.7 Å². The van der Waals surface area contributed by atoms with E-state index in [0.717, 1.165) is 71.4 Å². The van der Waals surface area contributed by atoms with Crippen molar-refractivity contribution in [3.05, 3.63) is 23.6 Å². The summed E-state index contributed by atoms with van der Waals surface area (Å²) in [5, 5.41) is 7.31. The van der Waals surface area contributed by atoms with E-state index in [-0.39, 0.29) is 12.1 Å². The van der Waals surface area contributed by atoms with Gasteiger partial charge in [-0.1, -0.05) is 5.16 Å². The first kappa shape index (κ1) is 20.3. The molecule has 2 aromatic heterocycles. The predicted octanol–water partition coefficient (Wildman–Crippen LogP) is 2.32. The summed E-state index contributed by atoms with van der Waals surface area (Å²) in [4.78, 5) is 21.7. The summed E-state index contributed by atoms with van der Waals surface area (Å²) in [6, 6.07) is 4.19. The zero-order valence-corrected chi connectivity index (χ0v) is 19.0. The molecular weight excluding hydrogens is 424 g/mol. The maximum atomic E-state index is 12.6. The van der Waals surface area contributed by atoms with Crippen LogP contribution in [-0.2, 0) is 11.3 Å². The smallest absolute Gasteiger partial charge is 0.317 e. The molecule has 2 fully saturated rings. The Morgan fingerprint density at radius 1 is 1.12 bits per heavy atom. The van der Waals surface area contributed by atoms with Crippen molar-refractivity contribution >= 4 is 23.0 Å². The van der Waals surface area contributed by atoms with E-state index in [4.69, 9.17) is 19.0 Å². The molecule has 0 spiro atoms. The molecule has 0 unspecified atom stereocenters. The number of benzene rings is 1. The molecule has 1 N–H and O–H groups in total. The SMILES string of the molecule is Cc1noc(C)c1-c1ccc2nc(N3CC[C@@H](NC(=O)N4CCOCC4)C3)n3c2c1OCC3. The lowest BCUT2D eigenvalue weighted by atomic mass is 10.0. The number of imidazole rings is 1. The van der Waals surface area contributed by atoms with Gasteiger partial charge in [0, 0.05) is 37.8 Å². The number of morpholine rings is 1. The normalized spacial score (nSPS) is 20.4. The second-order valence-electron chi connectivity index (χ2n) is 8.90. The highest BCUT2D eigenvalue weighted by Gasteiger charge is 2.32. The maximum absolute atomic E-state index is 12.6. The molecule has 1 aromatic carbocycles. The van der Waals surface area contributed by atoms with E-state index in [2.05, 4.69) is 19.9 Å². The minimum atomic E-state index is -0.000409. The number of nitrogens with one attached hydrogen (secondary N) is 1. The highest BCUT2D eigenvalue weighted by molar-refractivity contribution is 5.93. The fourth-order valence-electron chi connectivity index (χ4n) is 5.17. The Bertz CT molecular complexity index is 1190. The van der Waals surface area contributed by atoms with Crippen LogP contribution in [0.1, 0.15) is 17.9 Å². The number of hydrogen-bond donors (Lipinski definition) is 1. The molecule has 0 radical (unpaired) electrons. The van der Waals surface area contributed by atoms with Crippen LogP contribution < -0.4 is 15.0 Å². The summed E-state index contributed by atoms with van der Waals surface area (Å²) < 4.78 is 19.2. The summed E-state index contributed by atoms with van der Waals surface area (Å²) in [5.41, 5.74) is 4.74. The van der Waals surface area contributed by atoms with E-state index >= 15 is 0 Å². The van der Waals surface area contributed by atoms with Crippen LogP contribution in [0.3, 0.4) is 0 Å². The summed E-state index contributed by atoms with van der Waals surface area (Å²) in [6.07, 6.45) is 0.896. The summed E-state index contributed by atoms with van der Waals surface area (Å²) in [7, 11) is 0. The second-order valence-corrected chi connectivity index (χ2v) is 8.90. The third-order valence-electron chi connectivity index (χ3n) is 6.80. The van der Waals surface area contributed by atoms with Crippen molar-refractivity contribution in [2.24, 2.45) is 0 Å². The van der Waals surface area contributed by atoms with Crippen molar-refractivity contribution in [3.63, 3.8) is 0 Å². The summed E-state index contributed by atoms with van der Waals surface area (Å²) in [5.74, 6) is 2.55. The first-order chi connectivity index (χ1) is 16.1. The number of aromatic nitrogens is 3. The Balaban J connectivity index is 1.28. The Labute approximate surface area is 191 Å². The fourth-order valence-corrected chi connectivity index (χ4v) is 5.17. The van der Waals surface area contributed by atoms with Gasteiger partial charge in [-0.15, -0.1) is 0 Å². The number of rotatable bonds is 3. The van der Waals surface area contributed by atoms with Gasteiger partial charge in [-0.05, 0) is 32.4 Å². The largest absolute Gasteiger partial charge is 0.489 e.